The summed E-state index contributed by atoms with van der Waals surface area (Å²) in [4.78, 5) is 30.5. The van der Waals surface area contributed by atoms with Gasteiger partial charge in [0.25, 0.3) is 11.5 Å². The monoisotopic (exact) mass is 469 g/mol. The number of alkyl halides is 1. The van der Waals surface area contributed by atoms with Crippen molar-refractivity contribution in [1.29, 1.82) is 0 Å². The third-order valence-corrected chi connectivity index (χ3v) is 6.77. The van der Waals surface area contributed by atoms with Crippen molar-refractivity contribution in [2.45, 2.75) is 62.9 Å². The molecule has 0 spiro atoms. The molecule has 0 aromatic carbocycles. The third-order valence-electron chi connectivity index (χ3n) is 6.77. The van der Waals surface area contributed by atoms with E-state index in [0.29, 0.717) is 36.6 Å². The van der Waals surface area contributed by atoms with E-state index in [1.54, 1.807) is 36.0 Å². The smallest absolute Gasteiger partial charge is 0.274 e. The van der Waals surface area contributed by atoms with Gasteiger partial charge in [0.1, 0.15) is 29.1 Å². The van der Waals surface area contributed by atoms with Gasteiger partial charge >= 0.3 is 0 Å². The number of halogens is 1. The van der Waals surface area contributed by atoms with E-state index in [4.69, 9.17) is 0 Å². The fourth-order valence-corrected chi connectivity index (χ4v) is 4.65. The van der Waals surface area contributed by atoms with Crippen LogP contribution in [0.4, 0.5) is 21.7 Å². The lowest BCUT2D eigenvalue weighted by atomic mass is 9.90. The number of amides is 1. The summed E-state index contributed by atoms with van der Waals surface area (Å²) in [6.45, 7) is 0. The van der Waals surface area contributed by atoms with Crippen LogP contribution in [0.2, 0.25) is 0 Å². The zero-order chi connectivity index (χ0) is 23.8. The molecular weight excluding hydrogens is 441 g/mol. The van der Waals surface area contributed by atoms with Gasteiger partial charge in [0.05, 0.1) is 24.4 Å². The van der Waals surface area contributed by atoms with E-state index in [2.05, 4.69) is 26.0 Å². The first kappa shape index (κ1) is 22.3. The number of carbonyl (C=O) groups excluding carboxylic acids is 1. The SMILES string of the molecule is CNc1cc(Nc2cccn([C@H]3CCCC[C@H]3O)c2=O)nc2c(C(=O)NC3CC[C@@H]3F)cnn12. The molecule has 2 saturated carbocycles. The molecule has 3 aromatic heterocycles. The Balaban J connectivity index is 1.47. The normalized spacial score (nSPS) is 24.4. The maximum Gasteiger partial charge on any atom is 0.274 e. The zero-order valence-corrected chi connectivity index (χ0v) is 18.9. The van der Waals surface area contributed by atoms with Crippen LogP contribution in [0.3, 0.4) is 0 Å². The predicted octanol–water partition coefficient (Wildman–Crippen LogP) is 2.38. The van der Waals surface area contributed by atoms with Crippen LogP contribution in [-0.2, 0) is 0 Å². The number of nitrogens with one attached hydrogen (secondary N) is 3. The van der Waals surface area contributed by atoms with Crippen molar-refractivity contribution in [3.63, 3.8) is 0 Å². The quantitative estimate of drug-likeness (QED) is 0.437. The number of hydrogen-bond acceptors (Lipinski definition) is 7. The lowest BCUT2D eigenvalue weighted by Gasteiger charge is -2.30. The molecule has 2 aliphatic rings. The Morgan fingerprint density at radius 3 is 2.76 bits per heavy atom. The highest BCUT2D eigenvalue weighted by Gasteiger charge is 2.33. The second-order valence-electron chi connectivity index (χ2n) is 8.92. The first-order valence-corrected chi connectivity index (χ1v) is 11.6. The van der Waals surface area contributed by atoms with Gasteiger partial charge in [-0.15, -0.1) is 0 Å². The standard InChI is InChI=1S/C23H28FN7O3/c1-25-20-11-19(27-16-5-4-10-30(23(16)34)17-6-2-3-7-18(17)32)29-21-13(12-26-31(20)21)22(33)28-15-9-8-14(15)24/h4-5,10-12,14-15,17-18,25,32H,2-3,6-9H2,1H3,(H,27,29)(H,28,33)/t14-,15?,17-,18+/m0/s1. The fraction of sp³-hybridized carbons (Fsp3) is 0.478. The summed E-state index contributed by atoms with van der Waals surface area (Å²) in [6, 6.07) is 4.33. The number of rotatable bonds is 6. The highest BCUT2D eigenvalue weighted by atomic mass is 19.1. The molecule has 0 bridgehead atoms. The number of aliphatic hydroxyl groups excluding tert-OH is 1. The molecule has 0 radical (unpaired) electrons. The number of pyridine rings is 1. The number of carbonyl (C=O) groups is 1. The van der Waals surface area contributed by atoms with Gasteiger partial charge in [-0.05, 0) is 37.8 Å². The Labute approximate surface area is 195 Å². The lowest BCUT2D eigenvalue weighted by Crippen LogP contribution is -2.48. The molecule has 3 heterocycles. The van der Waals surface area contributed by atoms with Gasteiger partial charge in [0.15, 0.2) is 5.65 Å². The van der Waals surface area contributed by atoms with Gasteiger partial charge in [-0.2, -0.15) is 9.61 Å². The van der Waals surface area contributed by atoms with Gasteiger partial charge in [0.2, 0.25) is 0 Å². The first-order valence-electron chi connectivity index (χ1n) is 11.6. The summed E-state index contributed by atoms with van der Waals surface area (Å²) < 4.78 is 16.7. The van der Waals surface area contributed by atoms with Crippen LogP contribution >= 0.6 is 0 Å². The van der Waals surface area contributed by atoms with Gasteiger partial charge in [-0.1, -0.05) is 12.8 Å². The molecule has 34 heavy (non-hydrogen) atoms. The van der Waals surface area contributed by atoms with Crippen molar-refractivity contribution in [1.82, 2.24) is 24.5 Å². The Kier molecular flexibility index (Phi) is 5.94. The van der Waals surface area contributed by atoms with Crippen LogP contribution in [0.15, 0.2) is 35.4 Å². The van der Waals surface area contributed by atoms with Crippen molar-refractivity contribution in [3.05, 3.63) is 46.5 Å². The summed E-state index contributed by atoms with van der Waals surface area (Å²) in [5.74, 6) is 0.456. The summed E-state index contributed by atoms with van der Waals surface area (Å²) in [6.07, 6.45) is 5.88. The summed E-state index contributed by atoms with van der Waals surface area (Å²) in [7, 11) is 1.71. The maximum atomic E-state index is 13.6. The molecule has 2 aliphatic carbocycles. The Morgan fingerprint density at radius 2 is 2.06 bits per heavy atom. The third kappa shape index (κ3) is 4.00. The van der Waals surface area contributed by atoms with E-state index < -0.39 is 24.2 Å². The number of fused-ring (bicyclic) bond motifs is 1. The van der Waals surface area contributed by atoms with Crippen molar-refractivity contribution in [2.75, 3.05) is 17.7 Å². The molecule has 1 amide bonds. The highest BCUT2D eigenvalue weighted by molar-refractivity contribution is 6.00. The predicted molar refractivity (Wildman–Crippen MR) is 125 cm³/mol. The van der Waals surface area contributed by atoms with E-state index in [9.17, 15) is 19.1 Å². The van der Waals surface area contributed by atoms with E-state index >= 15 is 0 Å². The minimum atomic E-state index is -1.04. The Bertz CT molecular complexity index is 1270. The van der Waals surface area contributed by atoms with Gasteiger partial charge in [0, 0.05) is 19.3 Å². The van der Waals surface area contributed by atoms with Crippen LogP contribution in [-0.4, -0.2) is 55.5 Å². The van der Waals surface area contributed by atoms with Crippen LogP contribution in [0.25, 0.3) is 5.65 Å². The largest absolute Gasteiger partial charge is 0.391 e. The first-order chi connectivity index (χ1) is 16.5. The van der Waals surface area contributed by atoms with Gasteiger partial charge in [-0.25, -0.2) is 9.37 Å². The molecule has 2 fully saturated rings. The average molecular weight is 470 g/mol. The minimum absolute atomic E-state index is 0.218. The van der Waals surface area contributed by atoms with Crippen LogP contribution < -0.4 is 21.5 Å². The second-order valence-corrected chi connectivity index (χ2v) is 8.92. The number of aromatic nitrogens is 4. The zero-order valence-electron chi connectivity index (χ0n) is 18.9. The molecule has 11 heteroatoms. The summed E-state index contributed by atoms with van der Waals surface area (Å²) in [5, 5.41) is 23.4. The molecule has 4 N–H and O–H groups in total. The molecule has 10 nitrogen and oxygen atoms in total. The van der Waals surface area contributed by atoms with E-state index in [1.165, 1.54) is 10.7 Å². The number of nitrogens with zero attached hydrogens (tertiary/aromatic N) is 4. The molecule has 4 atom stereocenters. The highest BCUT2D eigenvalue weighted by Crippen LogP contribution is 2.28. The lowest BCUT2D eigenvalue weighted by molar-refractivity contribution is 0.0739. The summed E-state index contributed by atoms with van der Waals surface area (Å²) in [5.41, 5.74) is 0.543. The van der Waals surface area contributed by atoms with Crippen molar-refractivity contribution in [2.24, 2.45) is 0 Å². The molecule has 3 aromatic rings. The van der Waals surface area contributed by atoms with Gasteiger partial charge < -0.3 is 25.6 Å². The van der Waals surface area contributed by atoms with E-state index in [-0.39, 0.29) is 22.8 Å². The summed E-state index contributed by atoms with van der Waals surface area (Å²) >= 11 is 0. The molecule has 1 unspecified atom stereocenters. The Hall–Kier alpha value is -3.47. The molecule has 5 rings (SSSR count). The van der Waals surface area contributed by atoms with E-state index in [1.807, 2.05) is 0 Å². The van der Waals surface area contributed by atoms with Crippen LogP contribution in [0.5, 0.6) is 0 Å². The fourth-order valence-electron chi connectivity index (χ4n) is 4.65. The topological polar surface area (TPSA) is 126 Å². The molecule has 180 valence electrons. The van der Waals surface area contributed by atoms with Crippen LogP contribution in [0, 0.1) is 0 Å². The van der Waals surface area contributed by atoms with Crippen LogP contribution in [0.1, 0.15) is 54.9 Å². The molecular formula is C23H28FN7O3. The van der Waals surface area contributed by atoms with Crippen molar-refractivity contribution >= 4 is 28.9 Å². The minimum Gasteiger partial charge on any atom is -0.391 e. The second kappa shape index (κ2) is 9.05. The number of aliphatic hydroxyl groups is 1. The van der Waals surface area contributed by atoms with Crippen molar-refractivity contribution < 1.29 is 14.3 Å². The number of hydrogen-bond donors (Lipinski definition) is 4. The number of anilines is 3. The molecule has 0 aliphatic heterocycles. The van der Waals surface area contributed by atoms with Crippen molar-refractivity contribution in [3.8, 4) is 0 Å². The molecule has 0 saturated heterocycles. The van der Waals surface area contributed by atoms with Gasteiger partial charge in [-0.3, -0.25) is 9.59 Å². The maximum absolute atomic E-state index is 13.6. The average Bonchev–Trinajstić information content (AvgIpc) is 3.27. The van der Waals surface area contributed by atoms with E-state index in [0.717, 1.165) is 19.3 Å². The Morgan fingerprint density at radius 1 is 1.24 bits per heavy atom.